The van der Waals surface area contributed by atoms with Crippen molar-refractivity contribution in [2.45, 2.75) is 10.8 Å². The highest BCUT2D eigenvalue weighted by molar-refractivity contribution is 9.10. The largest absolute Gasteiger partial charge is 0.251 e. The molecule has 2 aromatic rings. The minimum atomic E-state index is -3.42. The van der Waals surface area contributed by atoms with E-state index in [1.54, 1.807) is 11.4 Å². The van der Waals surface area contributed by atoms with Crippen LogP contribution in [0.2, 0.25) is 0 Å². The molecule has 1 N–H and O–H groups in total. The summed E-state index contributed by atoms with van der Waals surface area (Å²) in [5.41, 5.74) is 0.934. The molecule has 17 heavy (non-hydrogen) atoms. The van der Waals surface area contributed by atoms with Gasteiger partial charge in [-0.15, -0.1) is 11.3 Å². The van der Waals surface area contributed by atoms with E-state index in [0.29, 0.717) is 15.2 Å². The first kappa shape index (κ1) is 12.8. The van der Waals surface area contributed by atoms with Crippen LogP contribution in [0.4, 0.5) is 0 Å². The van der Waals surface area contributed by atoms with Crippen molar-refractivity contribution in [3.05, 3.63) is 51.8 Å². The number of nitrogens with one attached hydrogen (secondary N) is 1. The van der Waals surface area contributed by atoms with Crippen molar-refractivity contribution in [3.8, 4) is 0 Å². The molecule has 0 spiro atoms. The van der Waals surface area contributed by atoms with Gasteiger partial charge >= 0.3 is 0 Å². The quantitative estimate of drug-likeness (QED) is 0.936. The van der Waals surface area contributed by atoms with Crippen LogP contribution in [-0.2, 0) is 16.6 Å². The van der Waals surface area contributed by atoms with Gasteiger partial charge in [0.1, 0.15) is 4.21 Å². The topological polar surface area (TPSA) is 46.2 Å². The summed E-state index contributed by atoms with van der Waals surface area (Å²) < 4.78 is 27.4. The second-order valence-electron chi connectivity index (χ2n) is 3.37. The minimum Gasteiger partial charge on any atom is -0.206 e. The molecule has 0 unspecified atom stereocenters. The number of benzene rings is 1. The lowest BCUT2D eigenvalue weighted by molar-refractivity contribution is 0.583. The summed E-state index contributed by atoms with van der Waals surface area (Å²) in [6.07, 6.45) is 0. The molecule has 1 heterocycles. The van der Waals surface area contributed by atoms with E-state index < -0.39 is 10.0 Å². The molecule has 0 aliphatic carbocycles. The van der Waals surface area contributed by atoms with E-state index >= 15 is 0 Å². The maximum atomic E-state index is 12.0. The Kier molecular flexibility index (Phi) is 3.98. The normalized spacial score (nSPS) is 11.6. The standard InChI is InChI=1S/C11H10BrNO2S2/c12-10-6-7-16-11(10)17(14,15)13-8-9-4-2-1-3-5-9/h1-7,13H,8H2. The highest BCUT2D eigenvalue weighted by Gasteiger charge is 2.18. The Morgan fingerprint density at radius 1 is 1.18 bits per heavy atom. The van der Waals surface area contributed by atoms with Crippen LogP contribution >= 0.6 is 27.3 Å². The molecule has 1 aromatic heterocycles. The Bertz CT molecular complexity index is 593. The fourth-order valence-corrected chi connectivity index (χ4v) is 4.71. The summed E-state index contributed by atoms with van der Waals surface area (Å²) in [6.45, 7) is 0.299. The van der Waals surface area contributed by atoms with Crippen molar-refractivity contribution in [1.29, 1.82) is 0 Å². The summed E-state index contributed by atoms with van der Waals surface area (Å²) in [6, 6.07) is 11.1. The zero-order valence-corrected chi connectivity index (χ0v) is 12.0. The molecule has 0 aliphatic heterocycles. The van der Waals surface area contributed by atoms with Crippen LogP contribution in [0.25, 0.3) is 0 Å². The molecule has 0 aliphatic rings. The third-order valence-corrected chi connectivity index (χ3v) is 6.21. The first-order valence-electron chi connectivity index (χ1n) is 4.86. The van der Waals surface area contributed by atoms with E-state index in [0.717, 1.165) is 5.56 Å². The number of hydrogen-bond acceptors (Lipinski definition) is 3. The summed E-state index contributed by atoms with van der Waals surface area (Å²) in [7, 11) is -3.42. The zero-order valence-electron chi connectivity index (χ0n) is 8.76. The van der Waals surface area contributed by atoms with Gasteiger partial charge in [-0.1, -0.05) is 30.3 Å². The van der Waals surface area contributed by atoms with Crippen molar-refractivity contribution in [2.24, 2.45) is 0 Å². The van der Waals surface area contributed by atoms with Crippen molar-refractivity contribution >= 4 is 37.3 Å². The van der Waals surface area contributed by atoms with E-state index in [1.807, 2.05) is 30.3 Å². The smallest absolute Gasteiger partial charge is 0.206 e. The molecule has 0 saturated carbocycles. The Morgan fingerprint density at radius 2 is 1.88 bits per heavy atom. The minimum absolute atomic E-state index is 0.299. The lowest BCUT2D eigenvalue weighted by atomic mass is 10.2. The molecule has 6 heteroatoms. The van der Waals surface area contributed by atoms with Gasteiger partial charge in [0, 0.05) is 11.0 Å². The maximum absolute atomic E-state index is 12.0. The summed E-state index contributed by atoms with van der Waals surface area (Å²) in [4.78, 5) is 0. The van der Waals surface area contributed by atoms with Crippen LogP contribution in [0.5, 0.6) is 0 Å². The lowest BCUT2D eigenvalue weighted by Gasteiger charge is -2.05. The predicted molar refractivity (Wildman–Crippen MR) is 72.5 cm³/mol. The first-order chi connectivity index (χ1) is 8.09. The molecule has 0 amide bonds. The van der Waals surface area contributed by atoms with Crippen LogP contribution in [0.1, 0.15) is 5.56 Å². The van der Waals surface area contributed by atoms with Crippen LogP contribution in [0.3, 0.4) is 0 Å². The van der Waals surface area contributed by atoms with E-state index in [1.165, 1.54) is 11.3 Å². The van der Waals surface area contributed by atoms with Gasteiger partial charge in [0.05, 0.1) is 0 Å². The third-order valence-electron chi connectivity index (χ3n) is 2.14. The fourth-order valence-electron chi connectivity index (χ4n) is 1.31. The van der Waals surface area contributed by atoms with Crippen LogP contribution in [-0.4, -0.2) is 8.42 Å². The van der Waals surface area contributed by atoms with E-state index in [-0.39, 0.29) is 0 Å². The predicted octanol–water partition coefficient (Wildman–Crippen LogP) is 2.99. The van der Waals surface area contributed by atoms with Gasteiger partial charge in [-0.3, -0.25) is 0 Å². The highest BCUT2D eigenvalue weighted by atomic mass is 79.9. The van der Waals surface area contributed by atoms with Crippen LogP contribution < -0.4 is 4.72 Å². The van der Waals surface area contributed by atoms with Gasteiger partial charge in [-0.2, -0.15) is 0 Å². The van der Waals surface area contributed by atoms with Crippen molar-refractivity contribution in [3.63, 3.8) is 0 Å². The number of hydrogen-bond donors (Lipinski definition) is 1. The fraction of sp³-hybridized carbons (Fsp3) is 0.0909. The van der Waals surface area contributed by atoms with Gasteiger partial charge in [0.2, 0.25) is 0 Å². The van der Waals surface area contributed by atoms with E-state index in [2.05, 4.69) is 20.7 Å². The second-order valence-corrected chi connectivity index (χ2v) is 7.10. The molecule has 2 rings (SSSR count). The Morgan fingerprint density at radius 3 is 2.47 bits per heavy atom. The SMILES string of the molecule is O=S(=O)(NCc1ccccc1)c1sccc1Br. The number of halogens is 1. The molecular formula is C11H10BrNO2S2. The molecule has 0 bridgehead atoms. The summed E-state index contributed by atoms with van der Waals surface area (Å²) >= 11 is 4.41. The lowest BCUT2D eigenvalue weighted by Crippen LogP contribution is -2.22. The van der Waals surface area contributed by atoms with Crippen molar-refractivity contribution in [1.82, 2.24) is 4.72 Å². The molecule has 0 fully saturated rings. The van der Waals surface area contributed by atoms with Gasteiger partial charge in [0.15, 0.2) is 0 Å². The highest BCUT2D eigenvalue weighted by Crippen LogP contribution is 2.27. The third kappa shape index (κ3) is 3.16. The number of sulfonamides is 1. The molecule has 90 valence electrons. The van der Waals surface area contributed by atoms with Gasteiger partial charge in [-0.05, 0) is 32.9 Å². The summed E-state index contributed by atoms with van der Waals surface area (Å²) in [5, 5.41) is 1.74. The maximum Gasteiger partial charge on any atom is 0.251 e. The monoisotopic (exact) mass is 331 g/mol. The second kappa shape index (κ2) is 5.30. The van der Waals surface area contributed by atoms with Gasteiger partial charge in [0.25, 0.3) is 10.0 Å². The van der Waals surface area contributed by atoms with Gasteiger partial charge in [-0.25, -0.2) is 13.1 Å². The molecule has 0 radical (unpaired) electrons. The first-order valence-corrected chi connectivity index (χ1v) is 8.02. The molecule has 0 saturated heterocycles. The van der Waals surface area contributed by atoms with Crippen LogP contribution in [0, 0.1) is 0 Å². The van der Waals surface area contributed by atoms with E-state index in [9.17, 15) is 8.42 Å². The average Bonchev–Trinajstić information content (AvgIpc) is 2.75. The molecule has 1 aromatic carbocycles. The Balaban J connectivity index is 2.12. The van der Waals surface area contributed by atoms with Crippen molar-refractivity contribution in [2.75, 3.05) is 0 Å². The summed E-state index contributed by atoms with van der Waals surface area (Å²) in [5.74, 6) is 0. The molecule has 0 atom stereocenters. The Labute approximate surface area is 113 Å². The van der Waals surface area contributed by atoms with Crippen molar-refractivity contribution < 1.29 is 8.42 Å². The number of thiophene rings is 1. The van der Waals surface area contributed by atoms with E-state index in [4.69, 9.17) is 0 Å². The average molecular weight is 332 g/mol. The molecule has 3 nitrogen and oxygen atoms in total. The molecular weight excluding hydrogens is 322 g/mol. The Hall–Kier alpha value is -0.690. The van der Waals surface area contributed by atoms with Gasteiger partial charge < -0.3 is 0 Å². The zero-order chi connectivity index (χ0) is 12.3. The number of rotatable bonds is 4. The van der Waals surface area contributed by atoms with Crippen LogP contribution in [0.15, 0.2) is 50.5 Å².